The molecule has 0 saturated heterocycles. The van der Waals surface area contributed by atoms with Crippen LogP contribution in [0.5, 0.6) is 11.5 Å². The van der Waals surface area contributed by atoms with Crippen LogP contribution in [0.2, 0.25) is 0 Å². The fourth-order valence-electron chi connectivity index (χ4n) is 2.39. The zero-order valence-electron chi connectivity index (χ0n) is 16.9. The SMILES string of the molecule is CN(C)c1cnc2c(Oc3ccc(NC(=O)OC(C)(C)C)c(F)c3)ccnc2n1. The molecule has 0 fully saturated rings. The van der Waals surface area contributed by atoms with Gasteiger partial charge in [0.2, 0.25) is 0 Å². The molecule has 0 unspecified atom stereocenters. The van der Waals surface area contributed by atoms with Crippen LogP contribution in [0.3, 0.4) is 0 Å². The first kappa shape index (κ1) is 20.2. The van der Waals surface area contributed by atoms with Crippen LogP contribution in [0.4, 0.5) is 20.7 Å². The minimum absolute atomic E-state index is 0.0124. The topological polar surface area (TPSA) is 89.5 Å². The Morgan fingerprint density at radius 3 is 2.59 bits per heavy atom. The van der Waals surface area contributed by atoms with Gasteiger partial charge < -0.3 is 14.4 Å². The van der Waals surface area contributed by atoms with E-state index < -0.39 is 17.5 Å². The van der Waals surface area contributed by atoms with Gasteiger partial charge in [-0.3, -0.25) is 5.32 Å². The lowest BCUT2D eigenvalue weighted by molar-refractivity contribution is 0.0635. The Morgan fingerprint density at radius 2 is 1.93 bits per heavy atom. The summed E-state index contributed by atoms with van der Waals surface area (Å²) in [7, 11) is 3.71. The molecule has 3 aromatic rings. The molecule has 2 aromatic heterocycles. The molecule has 0 spiro atoms. The van der Waals surface area contributed by atoms with Crippen LogP contribution >= 0.6 is 0 Å². The molecule has 1 amide bonds. The zero-order valence-corrected chi connectivity index (χ0v) is 16.9. The van der Waals surface area contributed by atoms with Crippen molar-refractivity contribution in [3.8, 4) is 11.5 Å². The number of anilines is 2. The maximum absolute atomic E-state index is 14.4. The summed E-state index contributed by atoms with van der Waals surface area (Å²) in [5.74, 6) is 0.627. The number of halogens is 1. The van der Waals surface area contributed by atoms with Crippen LogP contribution in [0.1, 0.15) is 20.8 Å². The van der Waals surface area contributed by atoms with Crippen molar-refractivity contribution in [2.45, 2.75) is 26.4 Å². The smallest absolute Gasteiger partial charge is 0.412 e. The Kier molecular flexibility index (Phi) is 5.49. The minimum Gasteiger partial charge on any atom is -0.455 e. The molecule has 0 aliphatic heterocycles. The van der Waals surface area contributed by atoms with Crippen molar-refractivity contribution in [1.29, 1.82) is 0 Å². The molecule has 29 heavy (non-hydrogen) atoms. The maximum atomic E-state index is 14.4. The molecule has 0 bridgehead atoms. The number of carbonyl (C=O) groups is 1. The van der Waals surface area contributed by atoms with Crippen LogP contribution in [0.25, 0.3) is 11.2 Å². The summed E-state index contributed by atoms with van der Waals surface area (Å²) in [5.41, 5.74) is 0.174. The number of rotatable bonds is 4. The van der Waals surface area contributed by atoms with Crippen molar-refractivity contribution in [3.63, 3.8) is 0 Å². The summed E-state index contributed by atoms with van der Waals surface area (Å²) >= 11 is 0. The van der Waals surface area contributed by atoms with Crippen molar-refractivity contribution in [1.82, 2.24) is 15.0 Å². The molecule has 0 aliphatic carbocycles. The fourth-order valence-corrected chi connectivity index (χ4v) is 2.39. The van der Waals surface area contributed by atoms with E-state index in [0.29, 0.717) is 22.7 Å². The van der Waals surface area contributed by atoms with E-state index in [-0.39, 0.29) is 11.4 Å². The predicted molar refractivity (Wildman–Crippen MR) is 108 cm³/mol. The highest BCUT2D eigenvalue weighted by Gasteiger charge is 2.18. The van der Waals surface area contributed by atoms with Gasteiger partial charge in [0.25, 0.3) is 0 Å². The number of ether oxygens (including phenoxy) is 2. The van der Waals surface area contributed by atoms with E-state index in [2.05, 4.69) is 20.3 Å². The van der Waals surface area contributed by atoms with Crippen molar-refractivity contribution in [2.75, 3.05) is 24.3 Å². The largest absolute Gasteiger partial charge is 0.455 e. The summed E-state index contributed by atoms with van der Waals surface area (Å²) in [6.45, 7) is 5.18. The molecule has 1 N–H and O–H groups in total. The van der Waals surface area contributed by atoms with Crippen molar-refractivity contribution in [2.24, 2.45) is 0 Å². The van der Waals surface area contributed by atoms with Gasteiger partial charge in [0.1, 0.15) is 17.2 Å². The maximum Gasteiger partial charge on any atom is 0.412 e. The summed E-state index contributed by atoms with van der Waals surface area (Å²) in [6, 6.07) is 5.72. The molecule has 0 saturated carbocycles. The summed E-state index contributed by atoms with van der Waals surface area (Å²) in [4.78, 5) is 26.6. The summed E-state index contributed by atoms with van der Waals surface area (Å²) in [5, 5.41) is 2.38. The molecule has 1 aromatic carbocycles. The first-order valence-electron chi connectivity index (χ1n) is 8.89. The molecule has 3 rings (SSSR count). The zero-order chi connectivity index (χ0) is 21.2. The van der Waals surface area contributed by atoms with Crippen molar-refractivity contribution in [3.05, 3.63) is 42.5 Å². The van der Waals surface area contributed by atoms with E-state index >= 15 is 0 Å². The molecule has 0 radical (unpaired) electrons. The van der Waals surface area contributed by atoms with Crippen molar-refractivity contribution >= 4 is 28.8 Å². The number of nitrogens with zero attached hydrogens (tertiary/aromatic N) is 4. The van der Waals surface area contributed by atoms with Gasteiger partial charge in [-0.15, -0.1) is 0 Å². The van der Waals surface area contributed by atoms with E-state index in [4.69, 9.17) is 9.47 Å². The average Bonchev–Trinajstić information content (AvgIpc) is 2.62. The van der Waals surface area contributed by atoms with E-state index in [9.17, 15) is 9.18 Å². The third kappa shape index (κ3) is 5.07. The van der Waals surface area contributed by atoms with E-state index in [1.165, 1.54) is 18.2 Å². The highest BCUT2D eigenvalue weighted by Crippen LogP contribution is 2.29. The highest BCUT2D eigenvalue weighted by atomic mass is 19.1. The highest BCUT2D eigenvalue weighted by molar-refractivity contribution is 5.85. The normalized spacial score (nSPS) is 11.2. The Labute approximate surface area is 167 Å². The standard InChI is InChI=1S/C20H22FN5O3/c1-20(2,3)29-19(27)24-14-7-6-12(10-13(14)21)28-15-8-9-22-18-17(15)23-11-16(25-18)26(4)5/h6-11H,1-5H3,(H,24,27). The number of pyridine rings is 1. The fraction of sp³-hybridized carbons (Fsp3) is 0.300. The number of nitrogens with one attached hydrogen (secondary N) is 1. The van der Waals surface area contributed by atoms with Gasteiger partial charge >= 0.3 is 6.09 Å². The number of carbonyl (C=O) groups excluding carboxylic acids is 1. The van der Waals surface area contributed by atoms with Crippen LogP contribution in [-0.4, -0.2) is 40.7 Å². The summed E-state index contributed by atoms with van der Waals surface area (Å²) in [6.07, 6.45) is 2.41. The number of hydrogen-bond donors (Lipinski definition) is 1. The Morgan fingerprint density at radius 1 is 1.17 bits per heavy atom. The monoisotopic (exact) mass is 399 g/mol. The third-order valence-electron chi connectivity index (χ3n) is 3.66. The molecular formula is C20H22FN5O3. The Bertz CT molecular complexity index is 1050. The molecule has 152 valence electrons. The van der Waals surface area contributed by atoms with Gasteiger partial charge in [-0.05, 0) is 32.9 Å². The average molecular weight is 399 g/mol. The first-order valence-corrected chi connectivity index (χ1v) is 8.89. The van der Waals surface area contributed by atoms with Gasteiger partial charge in [0.15, 0.2) is 22.7 Å². The van der Waals surface area contributed by atoms with Gasteiger partial charge in [-0.2, -0.15) is 0 Å². The van der Waals surface area contributed by atoms with E-state index in [0.717, 1.165) is 0 Å². The van der Waals surface area contributed by atoms with Crippen LogP contribution < -0.4 is 15.0 Å². The Hall–Kier alpha value is -3.49. The van der Waals surface area contributed by atoms with E-state index in [1.807, 2.05) is 19.0 Å². The molecule has 2 heterocycles. The number of aromatic nitrogens is 3. The predicted octanol–water partition coefficient (Wildman–Crippen LogP) is 4.37. The number of benzene rings is 1. The Balaban J connectivity index is 1.81. The van der Waals surface area contributed by atoms with Crippen LogP contribution in [0.15, 0.2) is 36.7 Å². The van der Waals surface area contributed by atoms with Gasteiger partial charge in [0.05, 0.1) is 11.9 Å². The summed E-state index contributed by atoms with van der Waals surface area (Å²) < 4.78 is 25.3. The van der Waals surface area contributed by atoms with Gasteiger partial charge in [-0.25, -0.2) is 24.1 Å². The van der Waals surface area contributed by atoms with E-state index in [1.54, 1.807) is 39.2 Å². The molecular weight excluding hydrogens is 377 g/mol. The second kappa shape index (κ2) is 7.86. The second-order valence-electron chi connectivity index (χ2n) is 7.47. The quantitative estimate of drug-likeness (QED) is 0.697. The van der Waals surface area contributed by atoms with Gasteiger partial charge in [-0.1, -0.05) is 0 Å². The van der Waals surface area contributed by atoms with Crippen LogP contribution in [-0.2, 0) is 4.74 Å². The number of hydrogen-bond acceptors (Lipinski definition) is 7. The lowest BCUT2D eigenvalue weighted by atomic mass is 10.2. The lowest BCUT2D eigenvalue weighted by Gasteiger charge is -2.19. The number of fused-ring (bicyclic) bond motifs is 1. The molecule has 0 aliphatic rings. The number of amides is 1. The molecule has 8 nitrogen and oxygen atoms in total. The molecule has 0 atom stereocenters. The third-order valence-corrected chi connectivity index (χ3v) is 3.66. The molecule has 9 heteroatoms. The lowest BCUT2D eigenvalue weighted by Crippen LogP contribution is -2.27. The van der Waals surface area contributed by atoms with Crippen molar-refractivity contribution < 1.29 is 18.7 Å². The first-order chi connectivity index (χ1) is 13.6. The minimum atomic E-state index is -0.739. The van der Waals surface area contributed by atoms with Gasteiger partial charge in [0, 0.05) is 32.4 Å². The second-order valence-corrected chi connectivity index (χ2v) is 7.47. The van der Waals surface area contributed by atoms with Crippen LogP contribution in [0, 0.1) is 5.82 Å².